The highest BCUT2D eigenvalue weighted by Gasteiger charge is 2.29. The van der Waals surface area contributed by atoms with Gasteiger partial charge in [-0.15, -0.1) is 12.4 Å². The highest BCUT2D eigenvalue weighted by Crippen LogP contribution is 2.18. The monoisotopic (exact) mass is 354 g/mol. The third-order valence-electron chi connectivity index (χ3n) is 2.72. The number of benzene rings is 1. The molecular formula is C12H13ClF2N2O4S. The van der Waals surface area contributed by atoms with E-state index in [4.69, 9.17) is 10.2 Å². The Labute approximate surface area is 130 Å². The number of rotatable bonds is 5. The number of nitrogens with two attached hydrogens (primary N) is 1. The van der Waals surface area contributed by atoms with Crippen LogP contribution in [0.2, 0.25) is 0 Å². The third-order valence-corrected chi connectivity index (χ3v) is 4.12. The molecule has 1 heterocycles. The fourth-order valence-electron chi connectivity index (χ4n) is 1.57. The molecule has 0 saturated heterocycles. The maximum absolute atomic E-state index is 13.0. The standard InChI is InChI=1S/C12H12F2N2O4S.ClH/c13-12(14,6-15)7-16-21(18,19)9-2-3-10-8(5-9)1-4-11(17)20-10;/h1-5,16H,6-7,15H2;1H. The van der Waals surface area contributed by atoms with E-state index in [0.717, 1.165) is 12.1 Å². The van der Waals surface area contributed by atoms with Gasteiger partial charge < -0.3 is 10.2 Å². The van der Waals surface area contributed by atoms with E-state index in [1.807, 2.05) is 0 Å². The van der Waals surface area contributed by atoms with Gasteiger partial charge in [-0.3, -0.25) is 0 Å². The summed E-state index contributed by atoms with van der Waals surface area (Å²) in [5.74, 6) is -3.32. The molecule has 10 heteroatoms. The fourth-order valence-corrected chi connectivity index (χ4v) is 2.67. The average Bonchev–Trinajstić information content (AvgIpc) is 2.45. The van der Waals surface area contributed by atoms with E-state index in [2.05, 4.69) is 0 Å². The van der Waals surface area contributed by atoms with Crippen LogP contribution in [-0.4, -0.2) is 27.4 Å². The van der Waals surface area contributed by atoms with Crippen LogP contribution < -0.4 is 16.1 Å². The number of hydrogen-bond acceptors (Lipinski definition) is 5. The van der Waals surface area contributed by atoms with Gasteiger partial charge in [0.25, 0.3) is 5.92 Å². The van der Waals surface area contributed by atoms with Crippen LogP contribution in [0.3, 0.4) is 0 Å². The van der Waals surface area contributed by atoms with Crippen molar-refractivity contribution in [3.63, 3.8) is 0 Å². The molecule has 0 amide bonds. The summed E-state index contributed by atoms with van der Waals surface area (Å²) in [7, 11) is -4.11. The van der Waals surface area contributed by atoms with Gasteiger partial charge in [-0.1, -0.05) is 0 Å². The minimum absolute atomic E-state index is 0. The molecule has 3 N–H and O–H groups in total. The largest absolute Gasteiger partial charge is 0.423 e. The predicted octanol–water partition coefficient (Wildman–Crippen LogP) is 1.09. The first kappa shape index (κ1) is 18.5. The van der Waals surface area contributed by atoms with Crippen molar-refractivity contribution in [3.05, 3.63) is 40.8 Å². The number of nitrogens with one attached hydrogen (secondary N) is 1. The number of halogens is 3. The van der Waals surface area contributed by atoms with Crippen LogP contribution >= 0.6 is 12.4 Å². The number of hydrogen-bond donors (Lipinski definition) is 2. The van der Waals surface area contributed by atoms with E-state index in [1.54, 1.807) is 4.72 Å². The molecule has 0 saturated carbocycles. The Morgan fingerprint density at radius 2 is 1.91 bits per heavy atom. The molecular weight excluding hydrogens is 342 g/mol. The van der Waals surface area contributed by atoms with E-state index >= 15 is 0 Å². The first-order valence-electron chi connectivity index (χ1n) is 5.85. The maximum Gasteiger partial charge on any atom is 0.336 e. The zero-order valence-electron chi connectivity index (χ0n) is 11.1. The van der Waals surface area contributed by atoms with E-state index in [9.17, 15) is 22.0 Å². The smallest absolute Gasteiger partial charge is 0.336 e. The topological polar surface area (TPSA) is 102 Å². The molecule has 0 aliphatic carbocycles. The summed E-state index contributed by atoms with van der Waals surface area (Å²) in [6, 6.07) is 6.19. The lowest BCUT2D eigenvalue weighted by molar-refractivity contribution is 0.0170. The Balaban J connectivity index is 0.00000242. The van der Waals surface area contributed by atoms with E-state index in [1.165, 1.54) is 18.2 Å². The average molecular weight is 355 g/mol. The minimum atomic E-state index is -4.11. The molecule has 2 aromatic rings. The summed E-state index contributed by atoms with van der Waals surface area (Å²) < 4.78 is 56.5. The summed E-state index contributed by atoms with van der Waals surface area (Å²) in [5, 5.41) is 0.364. The molecule has 0 spiro atoms. The Bertz CT molecular complexity index is 823. The first-order chi connectivity index (χ1) is 9.73. The molecule has 122 valence electrons. The van der Waals surface area contributed by atoms with Crippen molar-refractivity contribution in [2.24, 2.45) is 5.73 Å². The van der Waals surface area contributed by atoms with Gasteiger partial charge in [-0.05, 0) is 24.3 Å². The van der Waals surface area contributed by atoms with Gasteiger partial charge in [0.05, 0.1) is 18.0 Å². The van der Waals surface area contributed by atoms with E-state index in [-0.39, 0.29) is 22.9 Å². The van der Waals surface area contributed by atoms with Crippen molar-refractivity contribution in [2.45, 2.75) is 10.8 Å². The van der Waals surface area contributed by atoms with Crippen LogP contribution in [-0.2, 0) is 10.0 Å². The van der Waals surface area contributed by atoms with Crippen molar-refractivity contribution in [3.8, 4) is 0 Å². The van der Waals surface area contributed by atoms with Crippen LogP contribution in [0.15, 0.2) is 44.4 Å². The molecule has 0 radical (unpaired) electrons. The van der Waals surface area contributed by atoms with Gasteiger partial charge in [0, 0.05) is 11.5 Å². The molecule has 0 aliphatic rings. The zero-order valence-corrected chi connectivity index (χ0v) is 12.7. The normalized spacial score (nSPS) is 12.1. The highest BCUT2D eigenvalue weighted by atomic mass is 35.5. The summed E-state index contributed by atoms with van der Waals surface area (Å²) in [6.45, 7) is -2.05. The van der Waals surface area contributed by atoms with Crippen molar-refractivity contribution < 1.29 is 21.6 Å². The van der Waals surface area contributed by atoms with Crippen molar-refractivity contribution >= 4 is 33.4 Å². The van der Waals surface area contributed by atoms with Crippen molar-refractivity contribution in [1.82, 2.24) is 4.72 Å². The summed E-state index contributed by atoms with van der Waals surface area (Å²) in [5.41, 5.74) is 4.47. The van der Waals surface area contributed by atoms with Crippen LogP contribution in [0.4, 0.5) is 8.78 Å². The molecule has 2 rings (SSSR count). The number of fused-ring (bicyclic) bond motifs is 1. The van der Waals surface area contributed by atoms with Gasteiger partial charge in [0.15, 0.2) is 0 Å². The van der Waals surface area contributed by atoms with E-state index < -0.39 is 34.7 Å². The Morgan fingerprint density at radius 1 is 1.23 bits per heavy atom. The van der Waals surface area contributed by atoms with Crippen LogP contribution in [0.25, 0.3) is 11.0 Å². The summed E-state index contributed by atoms with van der Waals surface area (Å²) >= 11 is 0. The lowest BCUT2D eigenvalue weighted by atomic mass is 10.2. The van der Waals surface area contributed by atoms with Gasteiger partial charge in [0.1, 0.15) is 5.58 Å². The van der Waals surface area contributed by atoms with Crippen LogP contribution in [0.1, 0.15) is 0 Å². The molecule has 0 bridgehead atoms. The van der Waals surface area contributed by atoms with Gasteiger partial charge in [0.2, 0.25) is 10.0 Å². The predicted molar refractivity (Wildman–Crippen MR) is 78.9 cm³/mol. The lowest BCUT2D eigenvalue weighted by Gasteiger charge is -2.14. The second kappa shape index (κ2) is 6.69. The minimum Gasteiger partial charge on any atom is -0.423 e. The fraction of sp³-hybridized carbons (Fsp3) is 0.250. The second-order valence-electron chi connectivity index (χ2n) is 4.34. The zero-order chi connectivity index (χ0) is 15.7. The van der Waals surface area contributed by atoms with Gasteiger partial charge in [-0.2, -0.15) is 0 Å². The second-order valence-corrected chi connectivity index (χ2v) is 6.11. The summed E-state index contributed by atoms with van der Waals surface area (Å²) in [6.07, 6.45) is 0. The number of sulfonamides is 1. The highest BCUT2D eigenvalue weighted by molar-refractivity contribution is 7.89. The molecule has 1 aromatic heterocycles. The molecule has 0 aliphatic heterocycles. The van der Waals surface area contributed by atoms with Gasteiger partial charge in [-0.25, -0.2) is 26.7 Å². The van der Waals surface area contributed by atoms with Crippen LogP contribution in [0.5, 0.6) is 0 Å². The van der Waals surface area contributed by atoms with Crippen molar-refractivity contribution in [1.29, 1.82) is 0 Å². The molecule has 1 aromatic carbocycles. The SMILES string of the molecule is Cl.NCC(F)(F)CNS(=O)(=O)c1ccc2oc(=O)ccc2c1. The van der Waals surface area contributed by atoms with E-state index in [0.29, 0.717) is 5.39 Å². The molecule has 6 nitrogen and oxygen atoms in total. The molecule has 22 heavy (non-hydrogen) atoms. The Hall–Kier alpha value is -1.55. The Morgan fingerprint density at radius 3 is 2.55 bits per heavy atom. The Kier molecular flexibility index (Phi) is 5.63. The third kappa shape index (κ3) is 4.23. The van der Waals surface area contributed by atoms with Gasteiger partial charge >= 0.3 is 5.63 Å². The van der Waals surface area contributed by atoms with Crippen molar-refractivity contribution in [2.75, 3.05) is 13.1 Å². The summed E-state index contributed by atoms with van der Waals surface area (Å²) in [4.78, 5) is 10.8. The maximum atomic E-state index is 13.0. The molecule has 0 unspecified atom stereocenters. The lowest BCUT2D eigenvalue weighted by Crippen LogP contribution is -2.41. The number of alkyl halides is 2. The molecule has 0 fully saturated rings. The van der Waals surface area contributed by atoms with Crippen LogP contribution in [0, 0.1) is 0 Å². The quantitative estimate of drug-likeness (QED) is 0.782. The first-order valence-corrected chi connectivity index (χ1v) is 7.33. The molecule has 0 atom stereocenters.